The molecular weight excluding hydrogens is 236 g/mol. The van der Waals surface area contributed by atoms with E-state index in [2.05, 4.69) is 49.2 Å². The molecule has 0 aromatic heterocycles. The molecule has 0 bridgehead atoms. The number of benzene rings is 1. The highest BCUT2D eigenvalue weighted by Crippen LogP contribution is 2.30. The number of nitrogens with zero attached hydrogens (tertiary/aromatic N) is 1. The van der Waals surface area contributed by atoms with Crippen LogP contribution in [0.5, 0.6) is 5.75 Å². The first-order valence-corrected chi connectivity index (χ1v) is 7.36. The van der Waals surface area contributed by atoms with Crippen molar-refractivity contribution in [1.82, 2.24) is 5.32 Å². The summed E-state index contributed by atoms with van der Waals surface area (Å²) in [5.41, 5.74) is 2.55. The maximum atomic E-state index is 5.99. The van der Waals surface area contributed by atoms with Gasteiger partial charge in [-0.2, -0.15) is 0 Å². The lowest BCUT2D eigenvalue weighted by atomic mass is 10.1. The van der Waals surface area contributed by atoms with Gasteiger partial charge < -0.3 is 15.0 Å². The number of hydrogen-bond donors (Lipinski definition) is 1. The van der Waals surface area contributed by atoms with Crippen molar-refractivity contribution in [3.8, 4) is 5.75 Å². The minimum Gasteiger partial charge on any atom is -0.491 e. The quantitative estimate of drug-likeness (QED) is 0.883. The molecule has 3 nitrogen and oxygen atoms in total. The fourth-order valence-corrected chi connectivity index (χ4v) is 2.31. The molecule has 2 rings (SSSR count). The van der Waals surface area contributed by atoms with Crippen LogP contribution in [0.25, 0.3) is 0 Å². The molecule has 1 fully saturated rings. The SMILES string of the molecule is Cc1ccc(OCCC(C)C)c(N2CCNCC2)c1. The van der Waals surface area contributed by atoms with Crippen molar-refractivity contribution in [1.29, 1.82) is 0 Å². The summed E-state index contributed by atoms with van der Waals surface area (Å²) in [6.45, 7) is 11.6. The third-order valence-corrected chi connectivity index (χ3v) is 3.52. The molecule has 106 valence electrons. The predicted molar refractivity (Wildman–Crippen MR) is 81.2 cm³/mol. The number of piperazine rings is 1. The monoisotopic (exact) mass is 262 g/mol. The van der Waals surface area contributed by atoms with Gasteiger partial charge in [0.15, 0.2) is 0 Å². The molecule has 1 N–H and O–H groups in total. The Morgan fingerprint density at radius 2 is 2.00 bits per heavy atom. The van der Waals surface area contributed by atoms with Crippen molar-refractivity contribution >= 4 is 5.69 Å². The summed E-state index contributed by atoms with van der Waals surface area (Å²) in [6, 6.07) is 6.50. The van der Waals surface area contributed by atoms with Crippen LogP contribution in [0, 0.1) is 12.8 Å². The standard InChI is InChI=1S/C16H26N2O/c1-13(2)6-11-19-16-5-4-14(3)12-15(16)18-9-7-17-8-10-18/h4-5,12-13,17H,6-11H2,1-3H3. The van der Waals surface area contributed by atoms with Crippen LogP contribution < -0.4 is 15.0 Å². The molecule has 0 aliphatic carbocycles. The number of nitrogens with one attached hydrogen (secondary N) is 1. The van der Waals surface area contributed by atoms with Gasteiger partial charge in [-0.3, -0.25) is 0 Å². The molecule has 0 spiro atoms. The summed E-state index contributed by atoms with van der Waals surface area (Å²) in [5, 5.41) is 3.39. The first-order chi connectivity index (χ1) is 9.16. The molecule has 1 aromatic carbocycles. The van der Waals surface area contributed by atoms with Crippen LogP contribution in [0.4, 0.5) is 5.69 Å². The summed E-state index contributed by atoms with van der Waals surface area (Å²) in [5.74, 6) is 1.72. The Bertz CT molecular complexity index is 398. The average Bonchev–Trinajstić information content (AvgIpc) is 2.41. The fraction of sp³-hybridized carbons (Fsp3) is 0.625. The van der Waals surface area contributed by atoms with Crippen LogP contribution in [0.1, 0.15) is 25.8 Å². The number of rotatable bonds is 5. The summed E-state index contributed by atoms with van der Waals surface area (Å²) in [4.78, 5) is 2.42. The summed E-state index contributed by atoms with van der Waals surface area (Å²) >= 11 is 0. The van der Waals surface area contributed by atoms with Crippen molar-refractivity contribution < 1.29 is 4.74 Å². The molecule has 1 aromatic rings. The average molecular weight is 262 g/mol. The second-order valence-corrected chi connectivity index (χ2v) is 5.74. The lowest BCUT2D eigenvalue weighted by Gasteiger charge is -2.31. The minimum atomic E-state index is 0.688. The fourth-order valence-electron chi connectivity index (χ4n) is 2.31. The van der Waals surface area contributed by atoms with Gasteiger partial charge in [0.1, 0.15) is 5.75 Å². The molecule has 19 heavy (non-hydrogen) atoms. The van der Waals surface area contributed by atoms with Gasteiger partial charge in [0.2, 0.25) is 0 Å². The molecule has 0 radical (unpaired) electrons. The zero-order chi connectivity index (χ0) is 13.7. The van der Waals surface area contributed by atoms with E-state index in [4.69, 9.17) is 4.74 Å². The van der Waals surface area contributed by atoms with E-state index in [0.29, 0.717) is 5.92 Å². The van der Waals surface area contributed by atoms with Gasteiger partial charge >= 0.3 is 0 Å². The predicted octanol–water partition coefficient (Wildman–Crippen LogP) is 2.83. The topological polar surface area (TPSA) is 24.5 Å². The van der Waals surface area contributed by atoms with E-state index in [-0.39, 0.29) is 0 Å². The van der Waals surface area contributed by atoms with Crippen LogP contribution >= 0.6 is 0 Å². The van der Waals surface area contributed by atoms with E-state index in [1.54, 1.807) is 0 Å². The van der Waals surface area contributed by atoms with Crippen molar-refractivity contribution in [2.24, 2.45) is 5.92 Å². The number of anilines is 1. The van der Waals surface area contributed by atoms with E-state index in [9.17, 15) is 0 Å². The van der Waals surface area contributed by atoms with Crippen LogP contribution in [-0.2, 0) is 0 Å². The number of aryl methyl sites for hydroxylation is 1. The van der Waals surface area contributed by atoms with Crippen molar-refractivity contribution in [2.75, 3.05) is 37.7 Å². The van der Waals surface area contributed by atoms with Crippen LogP contribution in [0.2, 0.25) is 0 Å². The second-order valence-electron chi connectivity index (χ2n) is 5.74. The van der Waals surface area contributed by atoms with Crippen molar-refractivity contribution in [3.63, 3.8) is 0 Å². The van der Waals surface area contributed by atoms with Crippen LogP contribution in [-0.4, -0.2) is 32.8 Å². The van der Waals surface area contributed by atoms with Gasteiger partial charge in [-0.1, -0.05) is 19.9 Å². The Morgan fingerprint density at radius 3 is 2.68 bits per heavy atom. The molecule has 0 unspecified atom stereocenters. The normalized spacial score (nSPS) is 15.9. The Morgan fingerprint density at radius 1 is 1.26 bits per heavy atom. The van der Waals surface area contributed by atoms with Gasteiger partial charge in [0.05, 0.1) is 12.3 Å². The summed E-state index contributed by atoms with van der Waals surface area (Å²) in [7, 11) is 0. The summed E-state index contributed by atoms with van der Waals surface area (Å²) < 4.78 is 5.99. The van der Waals surface area contributed by atoms with Gasteiger partial charge in [-0.15, -0.1) is 0 Å². The maximum absolute atomic E-state index is 5.99. The third kappa shape index (κ3) is 4.13. The smallest absolute Gasteiger partial charge is 0.142 e. The Hall–Kier alpha value is -1.22. The van der Waals surface area contributed by atoms with E-state index in [1.807, 2.05) is 0 Å². The highest BCUT2D eigenvalue weighted by molar-refractivity contribution is 5.60. The molecule has 1 heterocycles. The van der Waals surface area contributed by atoms with Gasteiger partial charge in [0.25, 0.3) is 0 Å². The lowest BCUT2D eigenvalue weighted by molar-refractivity contribution is 0.289. The van der Waals surface area contributed by atoms with E-state index < -0.39 is 0 Å². The van der Waals surface area contributed by atoms with E-state index >= 15 is 0 Å². The number of ether oxygens (including phenoxy) is 1. The van der Waals surface area contributed by atoms with E-state index in [1.165, 1.54) is 11.3 Å². The molecule has 1 saturated heterocycles. The Kier molecular flexibility index (Phi) is 5.08. The molecule has 0 atom stereocenters. The first kappa shape index (κ1) is 14.2. The van der Waals surface area contributed by atoms with Gasteiger partial charge in [-0.05, 0) is 37.0 Å². The van der Waals surface area contributed by atoms with Crippen LogP contribution in [0.3, 0.4) is 0 Å². The molecule has 0 amide bonds. The second kappa shape index (κ2) is 6.80. The lowest BCUT2D eigenvalue weighted by Crippen LogP contribution is -2.43. The van der Waals surface area contributed by atoms with Gasteiger partial charge in [-0.25, -0.2) is 0 Å². The Labute approximate surface area is 116 Å². The third-order valence-electron chi connectivity index (χ3n) is 3.52. The molecule has 1 aliphatic heterocycles. The maximum Gasteiger partial charge on any atom is 0.142 e. The van der Waals surface area contributed by atoms with Crippen molar-refractivity contribution in [2.45, 2.75) is 27.2 Å². The highest BCUT2D eigenvalue weighted by Gasteiger charge is 2.15. The highest BCUT2D eigenvalue weighted by atomic mass is 16.5. The first-order valence-electron chi connectivity index (χ1n) is 7.36. The molecule has 1 aliphatic rings. The molecule has 3 heteroatoms. The molecular formula is C16H26N2O. The van der Waals surface area contributed by atoms with E-state index in [0.717, 1.165) is 45.0 Å². The zero-order valence-corrected chi connectivity index (χ0v) is 12.4. The summed E-state index contributed by atoms with van der Waals surface area (Å²) in [6.07, 6.45) is 1.11. The van der Waals surface area contributed by atoms with Crippen molar-refractivity contribution in [3.05, 3.63) is 23.8 Å². The minimum absolute atomic E-state index is 0.688. The van der Waals surface area contributed by atoms with Crippen LogP contribution in [0.15, 0.2) is 18.2 Å². The number of hydrogen-bond acceptors (Lipinski definition) is 3. The van der Waals surface area contributed by atoms with Gasteiger partial charge in [0, 0.05) is 26.2 Å². The zero-order valence-electron chi connectivity index (χ0n) is 12.4. The largest absolute Gasteiger partial charge is 0.491 e. The molecule has 0 saturated carbocycles. The Balaban J connectivity index is 2.08.